The van der Waals surface area contributed by atoms with E-state index >= 15 is 0 Å². The van der Waals surface area contributed by atoms with Crippen molar-refractivity contribution in [3.05, 3.63) is 59.8 Å². The molecule has 0 radical (unpaired) electrons. The largest absolute Gasteiger partial charge is 0.481 e. The molecule has 2 aromatic rings. The van der Waals surface area contributed by atoms with Crippen molar-refractivity contribution in [1.82, 2.24) is 9.88 Å². The number of carboxylic acids is 1. The SMILES string of the molecule is O=C(O)C[C@H]1c2ccccc2C2CN(C(=O)CCCNc3ccccn3)CCC21. The molecular formula is C23H27N3O3. The van der Waals surface area contributed by atoms with Gasteiger partial charge < -0.3 is 15.3 Å². The van der Waals surface area contributed by atoms with Crippen LogP contribution in [-0.4, -0.2) is 46.5 Å². The number of amides is 1. The first-order valence-electron chi connectivity index (χ1n) is 10.4. The number of aliphatic carboxylic acids is 1. The lowest BCUT2D eigenvalue weighted by Gasteiger charge is -2.37. The molecule has 2 N–H and O–H groups in total. The van der Waals surface area contributed by atoms with Gasteiger partial charge in [0.15, 0.2) is 0 Å². The van der Waals surface area contributed by atoms with Gasteiger partial charge in [0, 0.05) is 38.2 Å². The Morgan fingerprint density at radius 2 is 1.93 bits per heavy atom. The van der Waals surface area contributed by atoms with E-state index in [4.69, 9.17) is 0 Å². The third kappa shape index (κ3) is 4.26. The van der Waals surface area contributed by atoms with Gasteiger partial charge >= 0.3 is 5.97 Å². The molecular weight excluding hydrogens is 366 g/mol. The van der Waals surface area contributed by atoms with Gasteiger partial charge in [-0.15, -0.1) is 0 Å². The molecule has 1 aromatic heterocycles. The summed E-state index contributed by atoms with van der Waals surface area (Å²) >= 11 is 0. The van der Waals surface area contributed by atoms with Crippen LogP contribution in [0.15, 0.2) is 48.7 Å². The Morgan fingerprint density at radius 1 is 1.14 bits per heavy atom. The Balaban J connectivity index is 1.34. The minimum atomic E-state index is -0.746. The van der Waals surface area contributed by atoms with E-state index in [1.54, 1.807) is 6.20 Å². The second-order valence-corrected chi connectivity index (χ2v) is 7.98. The third-order valence-corrected chi connectivity index (χ3v) is 6.26. The van der Waals surface area contributed by atoms with Gasteiger partial charge in [0.1, 0.15) is 5.82 Å². The molecule has 29 heavy (non-hydrogen) atoms. The smallest absolute Gasteiger partial charge is 0.303 e. The lowest BCUT2D eigenvalue weighted by Crippen LogP contribution is -2.42. The van der Waals surface area contributed by atoms with Crippen LogP contribution in [0.2, 0.25) is 0 Å². The molecule has 0 spiro atoms. The summed E-state index contributed by atoms with van der Waals surface area (Å²) in [5, 5.41) is 12.6. The highest BCUT2D eigenvalue weighted by molar-refractivity contribution is 5.76. The van der Waals surface area contributed by atoms with Crippen LogP contribution in [0.25, 0.3) is 0 Å². The molecule has 1 aliphatic heterocycles. The number of carbonyl (C=O) groups excluding carboxylic acids is 1. The van der Waals surface area contributed by atoms with Crippen LogP contribution >= 0.6 is 0 Å². The summed E-state index contributed by atoms with van der Waals surface area (Å²) in [6.45, 7) is 2.13. The van der Waals surface area contributed by atoms with Gasteiger partial charge in [-0.25, -0.2) is 4.98 Å². The second-order valence-electron chi connectivity index (χ2n) is 7.98. The van der Waals surface area contributed by atoms with E-state index in [1.165, 1.54) is 11.1 Å². The fourth-order valence-electron chi connectivity index (χ4n) is 4.96. The summed E-state index contributed by atoms with van der Waals surface area (Å²) in [7, 11) is 0. The van der Waals surface area contributed by atoms with E-state index in [1.807, 2.05) is 35.2 Å². The first-order chi connectivity index (χ1) is 14.1. The van der Waals surface area contributed by atoms with Crippen LogP contribution in [0.5, 0.6) is 0 Å². The van der Waals surface area contributed by atoms with Crippen molar-refractivity contribution in [1.29, 1.82) is 0 Å². The maximum absolute atomic E-state index is 12.8. The van der Waals surface area contributed by atoms with Crippen molar-refractivity contribution in [3.8, 4) is 0 Å². The number of anilines is 1. The van der Waals surface area contributed by atoms with Crippen molar-refractivity contribution >= 4 is 17.7 Å². The Labute approximate surface area is 171 Å². The van der Waals surface area contributed by atoms with Crippen LogP contribution in [0, 0.1) is 5.92 Å². The zero-order valence-electron chi connectivity index (χ0n) is 16.5. The average Bonchev–Trinajstić information content (AvgIpc) is 3.04. The fraction of sp³-hybridized carbons (Fsp3) is 0.435. The van der Waals surface area contributed by atoms with Gasteiger partial charge in [0.05, 0.1) is 6.42 Å². The molecule has 152 valence electrons. The van der Waals surface area contributed by atoms with Gasteiger partial charge in [0.2, 0.25) is 5.91 Å². The molecule has 1 saturated heterocycles. The maximum Gasteiger partial charge on any atom is 0.303 e. The van der Waals surface area contributed by atoms with Crippen molar-refractivity contribution in [2.45, 2.75) is 37.5 Å². The lowest BCUT2D eigenvalue weighted by molar-refractivity contribution is -0.138. The number of hydrogen-bond acceptors (Lipinski definition) is 4. The number of aromatic nitrogens is 1. The topological polar surface area (TPSA) is 82.5 Å². The normalized spacial score (nSPS) is 22.6. The summed E-state index contributed by atoms with van der Waals surface area (Å²) in [6, 6.07) is 13.9. The first-order valence-corrected chi connectivity index (χ1v) is 10.4. The van der Waals surface area contributed by atoms with Crippen LogP contribution in [-0.2, 0) is 9.59 Å². The molecule has 6 nitrogen and oxygen atoms in total. The highest BCUT2D eigenvalue weighted by Gasteiger charge is 2.44. The molecule has 0 bridgehead atoms. The Kier molecular flexibility index (Phi) is 5.79. The summed E-state index contributed by atoms with van der Waals surface area (Å²) < 4.78 is 0. The molecule has 2 heterocycles. The average molecular weight is 393 g/mol. The van der Waals surface area contributed by atoms with E-state index in [2.05, 4.69) is 22.4 Å². The highest BCUT2D eigenvalue weighted by Crippen LogP contribution is 2.51. The zero-order valence-corrected chi connectivity index (χ0v) is 16.5. The van der Waals surface area contributed by atoms with Crippen LogP contribution in [0.3, 0.4) is 0 Å². The number of nitrogens with zero attached hydrogens (tertiary/aromatic N) is 2. The summed E-state index contributed by atoms with van der Waals surface area (Å²) in [5.41, 5.74) is 2.40. The predicted molar refractivity (Wildman–Crippen MR) is 111 cm³/mol. The number of hydrogen-bond donors (Lipinski definition) is 2. The molecule has 0 saturated carbocycles. The molecule has 3 atom stereocenters. The van der Waals surface area contributed by atoms with E-state index in [9.17, 15) is 14.7 Å². The van der Waals surface area contributed by atoms with Gasteiger partial charge in [0.25, 0.3) is 0 Å². The number of fused-ring (bicyclic) bond motifs is 3. The monoisotopic (exact) mass is 393 g/mol. The Bertz CT molecular complexity index is 871. The van der Waals surface area contributed by atoms with E-state index < -0.39 is 5.97 Å². The molecule has 2 unspecified atom stereocenters. The fourth-order valence-corrected chi connectivity index (χ4v) is 4.96. The Hall–Kier alpha value is -2.89. The molecule has 4 rings (SSSR count). The number of pyridine rings is 1. The quantitative estimate of drug-likeness (QED) is 0.704. The van der Waals surface area contributed by atoms with E-state index in [0.717, 1.165) is 25.2 Å². The molecule has 1 aliphatic carbocycles. The standard InChI is InChI=1S/C23H27N3O3/c27-22(9-5-12-25-21-8-3-4-11-24-21)26-13-10-18-19(14-23(28)29)16-6-1-2-7-17(16)20(18)15-26/h1-4,6-8,11,18-20H,5,9-10,12-15H2,(H,24,25)(H,28,29)/t18?,19-,20?/m0/s1. The van der Waals surface area contributed by atoms with Crippen molar-refractivity contribution < 1.29 is 14.7 Å². The summed E-state index contributed by atoms with van der Waals surface area (Å²) in [4.78, 5) is 30.3. The van der Waals surface area contributed by atoms with Crippen molar-refractivity contribution in [2.75, 3.05) is 25.0 Å². The maximum atomic E-state index is 12.8. The minimum absolute atomic E-state index is 0.0634. The number of piperidine rings is 1. The van der Waals surface area contributed by atoms with Gasteiger partial charge in [-0.1, -0.05) is 30.3 Å². The zero-order chi connectivity index (χ0) is 20.2. The predicted octanol–water partition coefficient (Wildman–Crippen LogP) is 3.48. The first kappa shape index (κ1) is 19.4. The van der Waals surface area contributed by atoms with Crippen LogP contribution in [0.1, 0.15) is 48.6 Å². The van der Waals surface area contributed by atoms with E-state index in [-0.39, 0.29) is 24.2 Å². The number of carbonyl (C=O) groups is 2. The molecule has 1 fully saturated rings. The van der Waals surface area contributed by atoms with Gasteiger partial charge in [-0.05, 0) is 47.9 Å². The number of likely N-dealkylation sites (tertiary alicyclic amines) is 1. The van der Waals surface area contributed by atoms with Gasteiger partial charge in [-0.2, -0.15) is 0 Å². The third-order valence-electron chi connectivity index (χ3n) is 6.26. The summed E-state index contributed by atoms with van der Waals surface area (Å²) in [5.74, 6) is 0.898. The Morgan fingerprint density at radius 3 is 2.69 bits per heavy atom. The molecule has 1 aromatic carbocycles. The van der Waals surface area contributed by atoms with Crippen LogP contribution in [0.4, 0.5) is 5.82 Å². The number of carboxylic acid groups (broad SMARTS) is 1. The lowest BCUT2D eigenvalue weighted by atomic mass is 9.80. The number of rotatable bonds is 7. The van der Waals surface area contributed by atoms with Crippen LogP contribution < -0.4 is 5.32 Å². The van der Waals surface area contributed by atoms with Crippen molar-refractivity contribution in [2.24, 2.45) is 5.92 Å². The van der Waals surface area contributed by atoms with E-state index in [0.29, 0.717) is 25.4 Å². The van der Waals surface area contributed by atoms with Crippen molar-refractivity contribution in [3.63, 3.8) is 0 Å². The highest BCUT2D eigenvalue weighted by atomic mass is 16.4. The number of benzene rings is 1. The molecule has 1 amide bonds. The minimum Gasteiger partial charge on any atom is -0.481 e. The van der Waals surface area contributed by atoms with Gasteiger partial charge in [-0.3, -0.25) is 9.59 Å². The summed E-state index contributed by atoms with van der Waals surface area (Å²) in [6.07, 6.45) is 4.06. The second kappa shape index (κ2) is 8.64. The number of nitrogens with one attached hydrogen (secondary N) is 1. The molecule has 6 heteroatoms. The molecule has 2 aliphatic rings.